The molecule has 1 aliphatic carbocycles. The van der Waals surface area contributed by atoms with E-state index in [-0.39, 0.29) is 12.0 Å². The van der Waals surface area contributed by atoms with Crippen LogP contribution < -0.4 is 14.4 Å². The first-order valence-corrected chi connectivity index (χ1v) is 16.6. The van der Waals surface area contributed by atoms with Gasteiger partial charge in [-0.3, -0.25) is 4.79 Å². The minimum absolute atomic E-state index is 0.0225. The Kier molecular flexibility index (Phi) is 9.31. The Morgan fingerprint density at radius 1 is 1.07 bits per heavy atom. The van der Waals surface area contributed by atoms with Crippen LogP contribution in [-0.2, 0) is 27.8 Å². The first kappa shape index (κ1) is 29.9. The molecule has 222 valence electrons. The summed E-state index contributed by atoms with van der Waals surface area (Å²) in [5, 5.41) is -0.0214. The van der Waals surface area contributed by atoms with Gasteiger partial charge in [-0.2, -0.15) is 0 Å². The molecule has 5 atom stereocenters. The molecule has 2 aliphatic heterocycles. The van der Waals surface area contributed by atoms with E-state index in [0.717, 1.165) is 61.5 Å². The number of benzene rings is 2. The van der Waals surface area contributed by atoms with Crippen LogP contribution in [0.5, 0.6) is 5.75 Å². The number of hydrogen-bond donors (Lipinski definition) is 1. The van der Waals surface area contributed by atoms with Crippen molar-refractivity contribution >= 4 is 33.2 Å². The molecule has 1 unspecified atom stereocenters. The molecule has 41 heavy (non-hydrogen) atoms. The second-order valence-corrected chi connectivity index (χ2v) is 14.3. The first-order valence-electron chi connectivity index (χ1n) is 14.7. The highest BCUT2D eigenvalue weighted by Crippen LogP contribution is 2.41. The van der Waals surface area contributed by atoms with Crippen LogP contribution >= 0.6 is 11.6 Å². The van der Waals surface area contributed by atoms with E-state index in [1.165, 1.54) is 5.56 Å². The number of halogens is 1. The second kappa shape index (κ2) is 12.8. The van der Waals surface area contributed by atoms with Gasteiger partial charge in [-0.15, -0.1) is 0 Å². The van der Waals surface area contributed by atoms with Gasteiger partial charge in [0.25, 0.3) is 5.91 Å². The standard InChI is InChI=1S/C32H41ClN2O5S/c1-21-7-6-9-30(39-3)28-14-11-25(28)19-35-16-5-4-8-23-17-27(33)13-10-26(23)20-40-31-15-12-24(18-29(31)35)32(36)34-41(37,38)22(21)2/h6,9-10,12-13,15,17-18,21-22,25,28,30H,4-5,7-8,11,14,16,19-20H2,1-3H3,(H,34,36)/b9-6+/t21-,22+,25-,28+,30?/m0/s1. The Morgan fingerprint density at radius 2 is 1.90 bits per heavy atom. The van der Waals surface area contributed by atoms with Crippen LogP contribution in [0.1, 0.15) is 67.4 Å². The van der Waals surface area contributed by atoms with E-state index < -0.39 is 21.2 Å². The fourth-order valence-corrected chi connectivity index (χ4v) is 7.70. The zero-order valence-corrected chi connectivity index (χ0v) is 25.7. The van der Waals surface area contributed by atoms with Gasteiger partial charge < -0.3 is 14.4 Å². The molecule has 9 heteroatoms. The number of aryl methyl sites for hydroxylation is 1. The van der Waals surface area contributed by atoms with Gasteiger partial charge in [0.1, 0.15) is 12.4 Å². The van der Waals surface area contributed by atoms with Crippen LogP contribution in [0.15, 0.2) is 48.6 Å². The highest BCUT2D eigenvalue weighted by Gasteiger charge is 2.38. The van der Waals surface area contributed by atoms with Crippen molar-refractivity contribution in [2.75, 3.05) is 25.1 Å². The molecule has 0 aromatic heterocycles. The summed E-state index contributed by atoms with van der Waals surface area (Å²) < 4.78 is 41.0. The molecule has 2 aromatic carbocycles. The molecule has 1 fully saturated rings. The number of amides is 1. The fourth-order valence-electron chi connectivity index (χ4n) is 6.22. The van der Waals surface area contributed by atoms with E-state index in [1.54, 1.807) is 32.2 Å². The number of allylic oxidation sites excluding steroid dienone is 1. The quantitative estimate of drug-likeness (QED) is 0.395. The molecule has 2 bridgehead atoms. The molecule has 5 rings (SSSR count). The van der Waals surface area contributed by atoms with Crippen molar-refractivity contribution in [2.24, 2.45) is 17.8 Å². The minimum atomic E-state index is -3.88. The van der Waals surface area contributed by atoms with E-state index in [9.17, 15) is 13.2 Å². The molecule has 0 radical (unpaired) electrons. The average Bonchev–Trinajstić information content (AvgIpc) is 2.96. The third-order valence-electron chi connectivity index (χ3n) is 9.22. The maximum atomic E-state index is 13.3. The molecule has 2 heterocycles. The largest absolute Gasteiger partial charge is 0.487 e. The Balaban J connectivity index is 1.55. The third kappa shape index (κ3) is 6.76. The van der Waals surface area contributed by atoms with Crippen LogP contribution in [0.2, 0.25) is 5.02 Å². The Labute approximate surface area is 249 Å². The molecule has 0 saturated heterocycles. The molecule has 0 spiro atoms. The van der Waals surface area contributed by atoms with Crippen molar-refractivity contribution in [1.82, 2.24) is 4.72 Å². The summed E-state index contributed by atoms with van der Waals surface area (Å²) in [4.78, 5) is 15.6. The number of methoxy groups -OCH3 is 1. The normalized spacial score (nSPS) is 29.4. The van der Waals surface area contributed by atoms with E-state index >= 15 is 0 Å². The molecule has 1 saturated carbocycles. The van der Waals surface area contributed by atoms with Gasteiger partial charge in [0.05, 0.1) is 17.0 Å². The molecule has 1 amide bonds. The number of anilines is 1. The highest BCUT2D eigenvalue weighted by molar-refractivity contribution is 7.90. The van der Waals surface area contributed by atoms with E-state index in [4.69, 9.17) is 21.1 Å². The fraction of sp³-hybridized carbons (Fsp3) is 0.531. The SMILES string of the molecule is COC1/C=C/C[C@H](C)[C@@H](C)S(=O)(=O)NC(=O)c2ccc3c(c2)N(CCCCc2cc(Cl)ccc2CO3)C[C@@H]2CC[C@@H]12. The first-order chi connectivity index (χ1) is 19.7. The van der Waals surface area contributed by atoms with Crippen molar-refractivity contribution < 1.29 is 22.7 Å². The molecular weight excluding hydrogens is 560 g/mol. The van der Waals surface area contributed by atoms with Crippen molar-refractivity contribution in [1.29, 1.82) is 0 Å². The minimum Gasteiger partial charge on any atom is -0.487 e. The number of hydrogen-bond acceptors (Lipinski definition) is 6. The highest BCUT2D eigenvalue weighted by atomic mass is 35.5. The number of sulfonamides is 1. The summed E-state index contributed by atoms with van der Waals surface area (Å²) in [5.74, 6) is 0.689. The average molecular weight is 601 g/mol. The van der Waals surface area contributed by atoms with Gasteiger partial charge >= 0.3 is 0 Å². The Hall–Kier alpha value is -2.55. The predicted octanol–water partition coefficient (Wildman–Crippen LogP) is 6.15. The van der Waals surface area contributed by atoms with Gasteiger partial charge in [0, 0.05) is 30.8 Å². The van der Waals surface area contributed by atoms with Crippen LogP contribution in [0.4, 0.5) is 5.69 Å². The maximum Gasteiger partial charge on any atom is 0.264 e. The van der Waals surface area contributed by atoms with Gasteiger partial charge in [-0.05, 0) is 105 Å². The monoisotopic (exact) mass is 600 g/mol. The lowest BCUT2D eigenvalue weighted by atomic mass is 9.70. The molecule has 2 aromatic rings. The number of ether oxygens (including phenoxy) is 2. The number of rotatable bonds is 1. The second-order valence-electron chi connectivity index (χ2n) is 11.8. The van der Waals surface area contributed by atoms with Crippen molar-refractivity contribution in [3.63, 3.8) is 0 Å². The van der Waals surface area contributed by atoms with Gasteiger partial charge in [-0.25, -0.2) is 13.1 Å². The summed E-state index contributed by atoms with van der Waals surface area (Å²) in [5.41, 5.74) is 3.40. The number of carbonyl (C=O) groups excluding carboxylic acids is 1. The summed E-state index contributed by atoms with van der Waals surface area (Å²) in [6, 6.07) is 11.2. The van der Waals surface area contributed by atoms with E-state index in [0.29, 0.717) is 36.2 Å². The van der Waals surface area contributed by atoms with Crippen molar-refractivity contribution in [3.8, 4) is 5.75 Å². The third-order valence-corrected chi connectivity index (χ3v) is 11.4. The molecule has 1 N–H and O–H groups in total. The molecule has 3 aliphatic rings. The summed E-state index contributed by atoms with van der Waals surface area (Å²) in [6.07, 6.45) is 9.76. The van der Waals surface area contributed by atoms with Crippen LogP contribution in [0.3, 0.4) is 0 Å². The van der Waals surface area contributed by atoms with Crippen LogP contribution in [0, 0.1) is 17.8 Å². The van der Waals surface area contributed by atoms with E-state index in [2.05, 4.69) is 15.7 Å². The summed E-state index contributed by atoms with van der Waals surface area (Å²) >= 11 is 6.31. The van der Waals surface area contributed by atoms with Gasteiger partial charge in [-0.1, -0.05) is 36.7 Å². The van der Waals surface area contributed by atoms with Crippen LogP contribution in [-0.4, -0.2) is 45.9 Å². The summed E-state index contributed by atoms with van der Waals surface area (Å²) in [6.45, 7) is 5.54. The zero-order chi connectivity index (χ0) is 29.1. The Bertz CT molecular complexity index is 1390. The zero-order valence-electron chi connectivity index (χ0n) is 24.1. The number of nitrogens with one attached hydrogen (secondary N) is 1. The van der Waals surface area contributed by atoms with Gasteiger partial charge in [0.15, 0.2) is 0 Å². The van der Waals surface area contributed by atoms with Gasteiger partial charge in [0.2, 0.25) is 10.0 Å². The van der Waals surface area contributed by atoms with Crippen LogP contribution in [0.25, 0.3) is 0 Å². The lowest BCUT2D eigenvalue weighted by Gasteiger charge is -2.43. The molecule has 7 nitrogen and oxygen atoms in total. The maximum absolute atomic E-state index is 13.3. The Morgan fingerprint density at radius 3 is 2.66 bits per heavy atom. The summed E-state index contributed by atoms with van der Waals surface area (Å²) in [7, 11) is -2.13. The number of fused-ring (bicyclic) bond motifs is 3. The lowest BCUT2D eigenvalue weighted by Crippen LogP contribution is -2.44. The van der Waals surface area contributed by atoms with E-state index in [1.807, 2.05) is 31.2 Å². The number of nitrogens with zero attached hydrogens (tertiary/aromatic N) is 1. The lowest BCUT2D eigenvalue weighted by molar-refractivity contribution is 0.0134. The van der Waals surface area contributed by atoms with Crippen molar-refractivity contribution in [2.45, 2.75) is 70.3 Å². The van der Waals surface area contributed by atoms with Crippen molar-refractivity contribution in [3.05, 3.63) is 70.3 Å². The molecular formula is C32H41ClN2O5S. The topological polar surface area (TPSA) is 84.9 Å². The number of carbonyl (C=O) groups is 1. The smallest absolute Gasteiger partial charge is 0.264 e. The predicted molar refractivity (Wildman–Crippen MR) is 163 cm³/mol.